The van der Waals surface area contributed by atoms with E-state index >= 15 is 0 Å². The van der Waals surface area contributed by atoms with E-state index in [1.807, 2.05) is 4.90 Å². The number of hydrogen-bond acceptors (Lipinski definition) is 6. The lowest BCUT2D eigenvalue weighted by Crippen LogP contribution is -2.32. The van der Waals surface area contributed by atoms with Crippen molar-refractivity contribution in [1.29, 1.82) is 0 Å². The Labute approximate surface area is 179 Å². The smallest absolute Gasteiger partial charge is 0.271 e. The highest BCUT2D eigenvalue weighted by Crippen LogP contribution is 2.38. The van der Waals surface area contributed by atoms with E-state index in [1.54, 1.807) is 13.0 Å². The van der Waals surface area contributed by atoms with Crippen LogP contribution >= 0.6 is 11.6 Å². The summed E-state index contributed by atoms with van der Waals surface area (Å²) < 4.78 is 36.0. The third-order valence-corrected chi connectivity index (χ3v) is 5.70. The summed E-state index contributed by atoms with van der Waals surface area (Å²) in [6.45, 7) is 2.37. The molecule has 3 rings (SSSR count). The Hall–Kier alpha value is -2.52. The van der Waals surface area contributed by atoms with E-state index in [4.69, 9.17) is 11.6 Å². The van der Waals surface area contributed by atoms with Crippen LogP contribution in [0.15, 0.2) is 42.1 Å². The number of anilines is 1. The van der Waals surface area contributed by atoms with Crippen LogP contribution in [0.1, 0.15) is 41.9 Å². The Balaban J connectivity index is 1.72. The van der Waals surface area contributed by atoms with Gasteiger partial charge in [-0.05, 0) is 43.5 Å². The molecule has 1 saturated heterocycles. The minimum absolute atomic E-state index is 0.109. The van der Waals surface area contributed by atoms with Crippen LogP contribution in [0.2, 0.25) is 5.02 Å². The predicted molar refractivity (Wildman–Crippen MR) is 114 cm³/mol. The molecule has 7 nitrogen and oxygen atoms in total. The molecule has 0 saturated carbocycles. The van der Waals surface area contributed by atoms with Gasteiger partial charge in [0.15, 0.2) is 9.84 Å². The van der Waals surface area contributed by atoms with Crippen molar-refractivity contribution in [2.75, 3.05) is 17.7 Å². The van der Waals surface area contributed by atoms with Crippen LogP contribution < -0.4 is 10.2 Å². The van der Waals surface area contributed by atoms with Crippen molar-refractivity contribution < 1.29 is 17.6 Å². The van der Waals surface area contributed by atoms with Gasteiger partial charge in [0.1, 0.15) is 17.3 Å². The number of nitrogens with zero attached hydrogens (tertiary/aromatic N) is 3. The van der Waals surface area contributed by atoms with Crippen LogP contribution in [0.25, 0.3) is 0 Å². The number of nitrogens with one attached hydrogen (secondary N) is 1. The van der Waals surface area contributed by atoms with Gasteiger partial charge in [0, 0.05) is 29.3 Å². The standard InChI is InChI=1S/C20H22ClFN4O3S/c1-13(7-9-30(2,28)29)25-20(27)17-11-24-19(12-23-17)26-8-3-4-18(26)15-10-14(22)5-6-16(15)21/h5-7,9-13,18H,3-4,8H2,1-2H3,(H,25,27)/b9-7+/t13-,18+/m1/s1. The number of halogens is 2. The zero-order valence-electron chi connectivity index (χ0n) is 16.5. The molecular weight excluding hydrogens is 431 g/mol. The van der Waals surface area contributed by atoms with Crippen molar-refractivity contribution in [3.8, 4) is 0 Å². The van der Waals surface area contributed by atoms with E-state index in [-0.39, 0.29) is 17.6 Å². The van der Waals surface area contributed by atoms with Crippen molar-refractivity contribution in [1.82, 2.24) is 15.3 Å². The zero-order valence-corrected chi connectivity index (χ0v) is 18.1. The number of aromatic nitrogens is 2. The maximum Gasteiger partial charge on any atom is 0.271 e. The predicted octanol–water partition coefficient (Wildman–Crippen LogP) is 3.29. The average Bonchev–Trinajstić information content (AvgIpc) is 3.17. The first-order valence-corrected chi connectivity index (χ1v) is 11.7. The minimum atomic E-state index is -3.27. The average molecular weight is 453 g/mol. The molecule has 30 heavy (non-hydrogen) atoms. The van der Waals surface area contributed by atoms with Gasteiger partial charge in [-0.1, -0.05) is 17.7 Å². The van der Waals surface area contributed by atoms with Gasteiger partial charge in [-0.3, -0.25) is 4.79 Å². The molecule has 1 aromatic heterocycles. The molecule has 0 unspecified atom stereocenters. The summed E-state index contributed by atoms with van der Waals surface area (Å²) in [5.41, 5.74) is 0.808. The number of rotatable bonds is 6. The van der Waals surface area contributed by atoms with Gasteiger partial charge < -0.3 is 10.2 Å². The first kappa shape index (κ1) is 22.2. The van der Waals surface area contributed by atoms with Crippen LogP contribution in [0.5, 0.6) is 0 Å². The van der Waals surface area contributed by atoms with Crippen LogP contribution in [0, 0.1) is 5.82 Å². The second-order valence-electron chi connectivity index (χ2n) is 7.20. The molecule has 1 N–H and O–H groups in total. The zero-order chi connectivity index (χ0) is 21.9. The molecule has 160 valence electrons. The molecule has 0 bridgehead atoms. The number of hydrogen-bond donors (Lipinski definition) is 1. The fraction of sp³-hybridized carbons (Fsp3) is 0.350. The number of sulfone groups is 1. The molecular formula is C20H22ClFN4O3S. The highest BCUT2D eigenvalue weighted by Gasteiger charge is 2.29. The summed E-state index contributed by atoms with van der Waals surface area (Å²) in [5, 5.41) is 4.17. The molecule has 1 aliphatic rings. The Morgan fingerprint density at radius 1 is 1.37 bits per heavy atom. The summed E-state index contributed by atoms with van der Waals surface area (Å²) in [6, 6.07) is 3.69. The van der Waals surface area contributed by atoms with Gasteiger partial charge in [-0.15, -0.1) is 0 Å². The molecule has 2 atom stereocenters. The number of amides is 1. The third-order valence-electron chi connectivity index (χ3n) is 4.71. The van der Waals surface area contributed by atoms with Crippen molar-refractivity contribution in [3.05, 3.63) is 64.2 Å². The molecule has 2 heterocycles. The maximum absolute atomic E-state index is 13.7. The molecule has 2 aromatic rings. The topological polar surface area (TPSA) is 92.3 Å². The van der Waals surface area contributed by atoms with Crippen molar-refractivity contribution in [2.24, 2.45) is 0 Å². The highest BCUT2D eigenvalue weighted by atomic mass is 35.5. The van der Waals surface area contributed by atoms with Gasteiger partial charge in [0.25, 0.3) is 5.91 Å². The summed E-state index contributed by atoms with van der Waals surface area (Å²) in [7, 11) is -3.27. The molecule has 0 radical (unpaired) electrons. The quantitative estimate of drug-likeness (QED) is 0.723. The minimum Gasteiger partial charge on any atom is -0.348 e. The number of carbonyl (C=O) groups is 1. The van der Waals surface area contributed by atoms with Crippen LogP contribution in [-0.4, -0.2) is 43.1 Å². The molecule has 1 aromatic carbocycles. The molecule has 0 spiro atoms. The molecule has 0 aliphatic carbocycles. The highest BCUT2D eigenvalue weighted by molar-refractivity contribution is 7.93. The largest absolute Gasteiger partial charge is 0.348 e. The van der Waals surface area contributed by atoms with Crippen LogP contribution in [0.3, 0.4) is 0 Å². The molecule has 1 amide bonds. The van der Waals surface area contributed by atoms with E-state index in [1.165, 1.54) is 30.6 Å². The van der Waals surface area contributed by atoms with E-state index in [0.29, 0.717) is 22.9 Å². The fourth-order valence-corrected chi connectivity index (χ4v) is 4.08. The lowest BCUT2D eigenvalue weighted by molar-refractivity contribution is 0.0941. The Morgan fingerprint density at radius 2 is 2.13 bits per heavy atom. The number of benzene rings is 1. The Bertz CT molecular complexity index is 1060. The van der Waals surface area contributed by atoms with Gasteiger partial charge >= 0.3 is 0 Å². The van der Waals surface area contributed by atoms with Crippen LogP contribution in [0.4, 0.5) is 10.2 Å². The summed E-state index contributed by atoms with van der Waals surface area (Å²) >= 11 is 6.27. The van der Waals surface area contributed by atoms with Crippen molar-refractivity contribution in [3.63, 3.8) is 0 Å². The third kappa shape index (κ3) is 5.54. The first-order chi connectivity index (χ1) is 14.1. The summed E-state index contributed by atoms with van der Waals surface area (Å²) in [4.78, 5) is 22.8. The van der Waals surface area contributed by atoms with E-state index < -0.39 is 21.8 Å². The number of carbonyl (C=O) groups excluding carboxylic acids is 1. The lowest BCUT2D eigenvalue weighted by Gasteiger charge is -2.26. The van der Waals surface area contributed by atoms with Gasteiger partial charge in [-0.2, -0.15) is 0 Å². The van der Waals surface area contributed by atoms with Crippen LogP contribution in [-0.2, 0) is 9.84 Å². The van der Waals surface area contributed by atoms with Gasteiger partial charge in [0.05, 0.1) is 18.4 Å². The maximum atomic E-state index is 13.7. The normalized spacial score (nSPS) is 18.0. The fourth-order valence-electron chi connectivity index (χ4n) is 3.31. The van der Waals surface area contributed by atoms with Crippen molar-refractivity contribution >= 4 is 33.2 Å². The Morgan fingerprint density at radius 3 is 2.80 bits per heavy atom. The van der Waals surface area contributed by atoms with E-state index in [9.17, 15) is 17.6 Å². The molecule has 10 heteroatoms. The van der Waals surface area contributed by atoms with Gasteiger partial charge in [0.2, 0.25) is 0 Å². The molecule has 1 aliphatic heterocycles. The van der Waals surface area contributed by atoms with E-state index in [0.717, 1.165) is 24.5 Å². The Kier molecular flexibility index (Phi) is 6.72. The monoisotopic (exact) mass is 452 g/mol. The second-order valence-corrected chi connectivity index (χ2v) is 9.54. The van der Waals surface area contributed by atoms with Gasteiger partial charge in [-0.25, -0.2) is 22.8 Å². The molecule has 1 fully saturated rings. The first-order valence-electron chi connectivity index (χ1n) is 9.37. The van der Waals surface area contributed by atoms with E-state index in [2.05, 4.69) is 15.3 Å². The SMILES string of the molecule is C[C@H](/C=C/S(C)(=O)=O)NC(=O)c1cnc(N2CCC[C@H]2c2cc(F)ccc2Cl)cn1. The summed E-state index contributed by atoms with van der Waals surface area (Å²) in [5.74, 6) is -0.247. The van der Waals surface area contributed by atoms with Crippen molar-refractivity contribution in [2.45, 2.75) is 31.8 Å². The lowest BCUT2D eigenvalue weighted by atomic mass is 10.0. The second kappa shape index (κ2) is 9.09. The summed E-state index contributed by atoms with van der Waals surface area (Å²) in [6.07, 6.45) is 7.01.